The van der Waals surface area contributed by atoms with Crippen molar-refractivity contribution in [2.24, 2.45) is 34.5 Å². The lowest BCUT2D eigenvalue weighted by atomic mass is 9.42. The van der Waals surface area contributed by atoms with Crippen LogP contribution in [0.5, 0.6) is 0 Å². The van der Waals surface area contributed by atoms with E-state index in [0.29, 0.717) is 32.4 Å². The SMILES string of the molecule is CC12CCC(OCC(O)NCCCCCCNC(=O)CCN3C(=O)C=CC3=O)CC1CCC1C2CC(OP(=O)(O)O)C2(C)C(C3=CC(=O)OC3)CCC12O. The number of imide groups is 1. The molecule has 2 heterocycles. The van der Waals surface area contributed by atoms with Gasteiger partial charge in [0.15, 0.2) is 0 Å². The van der Waals surface area contributed by atoms with Crippen molar-refractivity contribution in [1.29, 1.82) is 0 Å². The summed E-state index contributed by atoms with van der Waals surface area (Å²) < 4.78 is 29.4. The largest absolute Gasteiger partial charge is 0.469 e. The van der Waals surface area contributed by atoms with Crippen molar-refractivity contribution < 1.29 is 57.7 Å². The Labute approximate surface area is 316 Å². The Bertz CT molecular complexity index is 1530. The summed E-state index contributed by atoms with van der Waals surface area (Å²) >= 11 is 0. The Kier molecular flexibility index (Phi) is 12.6. The van der Waals surface area contributed by atoms with Gasteiger partial charge in [0.1, 0.15) is 12.8 Å². The fraction of sp³-hybridized carbons (Fsp3) is 0.789. The van der Waals surface area contributed by atoms with Gasteiger partial charge >= 0.3 is 13.8 Å². The first-order chi connectivity index (χ1) is 25.5. The Hall–Kier alpha value is -2.49. The number of esters is 1. The molecule has 4 fully saturated rings. The number of fused-ring (bicyclic) bond motifs is 5. The minimum atomic E-state index is -4.90. The summed E-state index contributed by atoms with van der Waals surface area (Å²) in [6, 6.07) is 0. The van der Waals surface area contributed by atoms with Gasteiger partial charge in [-0.1, -0.05) is 26.7 Å². The lowest BCUT2D eigenvalue weighted by molar-refractivity contribution is -0.243. The third-order valence-corrected chi connectivity index (χ3v) is 14.5. The number of amides is 3. The molecule has 0 aromatic carbocycles. The molecule has 10 atom stereocenters. The van der Waals surface area contributed by atoms with E-state index in [2.05, 4.69) is 17.6 Å². The second-order valence-corrected chi connectivity index (χ2v) is 18.0. The maximum atomic E-state index is 12.7. The van der Waals surface area contributed by atoms with Crippen LogP contribution >= 0.6 is 7.82 Å². The van der Waals surface area contributed by atoms with Crippen molar-refractivity contribution in [2.45, 2.75) is 121 Å². The molecule has 0 saturated heterocycles. The predicted octanol–water partition coefficient (Wildman–Crippen LogP) is 2.62. The maximum absolute atomic E-state index is 12.7. The number of carbonyl (C=O) groups is 4. The van der Waals surface area contributed by atoms with Crippen LogP contribution in [-0.2, 0) is 37.7 Å². The number of nitrogens with zero attached hydrogens (tertiary/aromatic N) is 1. The van der Waals surface area contributed by atoms with Crippen LogP contribution in [0.15, 0.2) is 23.8 Å². The summed E-state index contributed by atoms with van der Waals surface area (Å²) in [7, 11) is -4.90. The van der Waals surface area contributed by atoms with Crippen molar-refractivity contribution in [3.63, 3.8) is 0 Å². The summed E-state index contributed by atoms with van der Waals surface area (Å²) in [6.45, 7) is 5.65. The van der Waals surface area contributed by atoms with Crippen LogP contribution in [0, 0.1) is 34.5 Å². The minimum Gasteiger partial charge on any atom is -0.458 e. The number of cyclic esters (lactones) is 1. The first kappa shape index (κ1) is 41.2. The summed E-state index contributed by atoms with van der Waals surface area (Å²) in [5.41, 5.74) is -1.66. The normalized spacial score (nSPS) is 36.7. The van der Waals surface area contributed by atoms with Gasteiger partial charge in [-0.3, -0.25) is 29.1 Å². The summed E-state index contributed by atoms with van der Waals surface area (Å²) in [4.78, 5) is 68.3. The second-order valence-electron chi connectivity index (χ2n) is 16.8. The fourth-order valence-corrected chi connectivity index (χ4v) is 11.8. The number of unbranched alkanes of at least 4 members (excludes halogenated alkanes) is 3. The average Bonchev–Trinajstić information content (AvgIpc) is 3.77. The molecule has 0 bridgehead atoms. The summed E-state index contributed by atoms with van der Waals surface area (Å²) in [5.74, 6) is -1.51. The lowest BCUT2D eigenvalue weighted by Gasteiger charge is -2.65. The molecular weight excluding hydrogens is 721 g/mol. The molecule has 0 radical (unpaired) electrons. The monoisotopic (exact) mass is 779 g/mol. The van der Waals surface area contributed by atoms with Gasteiger partial charge in [0.25, 0.3) is 11.8 Å². The molecule has 6 aliphatic rings. The van der Waals surface area contributed by atoms with Gasteiger partial charge in [-0.25, -0.2) is 9.36 Å². The van der Waals surface area contributed by atoms with Crippen LogP contribution in [0.4, 0.5) is 0 Å². The molecule has 54 heavy (non-hydrogen) atoms. The van der Waals surface area contributed by atoms with Gasteiger partial charge in [-0.05, 0) is 105 Å². The third kappa shape index (κ3) is 8.44. The van der Waals surface area contributed by atoms with E-state index >= 15 is 0 Å². The highest BCUT2D eigenvalue weighted by molar-refractivity contribution is 7.46. The first-order valence-corrected chi connectivity index (χ1v) is 21.2. The number of phosphoric acid groups is 1. The zero-order chi connectivity index (χ0) is 38.9. The highest BCUT2D eigenvalue weighted by atomic mass is 31.2. The van der Waals surface area contributed by atoms with E-state index in [1.54, 1.807) is 0 Å². The highest BCUT2D eigenvalue weighted by Crippen LogP contribution is 2.71. The Morgan fingerprint density at radius 3 is 2.41 bits per heavy atom. The van der Waals surface area contributed by atoms with Gasteiger partial charge in [0.05, 0.1) is 24.4 Å². The van der Waals surface area contributed by atoms with Crippen molar-refractivity contribution in [3.05, 3.63) is 23.8 Å². The van der Waals surface area contributed by atoms with E-state index in [-0.39, 0.29) is 67.3 Å². The number of ether oxygens (including phenoxy) is 2. The van der Waals surface area contributed by atoms with Crippen LogP contribution in [0.1, 0.15) is 97.3 Å². The van der Waals surface area contributed by atoms with Gasteiger partial charge in [0.2, 0.25) is 5.91 Å². The summed E-state index contributed by atoms with van der Waals surface area (Å²) in [6.07, 6.45) is 11.2. The van der Waals surface area contributed by atoms with Crippen LogP contribution in [0.2, 0.25) is 0 Å². The standard InChI is InChI=1S/C38H58N3O12P/c1-36-14-11-26(51-23-32(43)40-17-6-4-3-5-16-39-31(42)13-18-41-33(44)9-10-34(41)45)20-25(36)7-8-28-29(36)21-30(53-54(48,49)50)37(2)27(12-15-38(28,37)47)24-19-35(46)52-22-24/h9-10,19,25-30,32,40,43,47H,3-8,11-18,20-23H2,1-2H3,(H,39,42)(H2,48,49,50). The molecule has 0 aromatic heterocycles. The number of nitrogens with one attached hydrogen (secondary N) is 2. The number of hydrogen-bond donors (Lipinski definition) is 6. The quantitative estimate of drug-likeness (QED) is 0.0412. The number of aliphatic hydroxyl groups excluding tert-OH is 1. The van der Waals surface area contributed by atoms with E-state index in [9.17, 15) is 43.7 Å². The third-order valence-electron chi connectivity index (χ3n) is 14.0. The number of hydrogen-bond acceptors (Lipinski definition) is 11. The van der Waals surface area contributed by atoms with E-state index in [0.717, 1.165) is 68.3 Å². The van der Waals surface area contributed by atoms with Gasteiger partial charge < -0.3 is 34.8 Å². The van der Waals surface area contributed by atoms with Gasteiger partial charge in [0, 0.05) is 43.2 Å². The van der Waals surface area contributed by atoms with E-state index in [4.69, 9.17) is 14.0 Å². The van der Waals surface area contributed by atoms with Gasteiger partial charge in [-0.2, -0.15) is 0 Å². The molecule has 6 N–H and O–H groups in total. The molecule has 0 aromatic rings. The van der Waals surface area contributed by atoms with E-state index < -0.39 is 49.0 Å². The van der Waals surface area contributed by atoms with Crippen LogP contribution in [0.25, 0.3) is 0 Å². The van der Waals surface area contributed by atoms with E-state index in [1.165, 1.54) is 18.2 Å². The van der Waals surface area contributed by atoms with Crippen LogP contribution in [-0.4, -0.2) is 105 Å². The topological polar surface area (TPSA) is 221 Å². The predicted molar refractivity (Wildman–Crippen MR) is 194 cm³/mol. The van der Waals surface area contributed by atoms with Crippen molar-refractivity contribution in [1.82, 2.24) is 15.5 Å². The molecule has 10 unspecified atom stereocenters. The molecule has 2 aliphatic heterocycles. The van der Waals surface area contributed by atoms with Gasteiger partial charge in [-0.15, -0.1) is 0 Å². The molecule has 6 rings (SSSR count). The molecule has 4 aliphatic carbocycles. The van der Waals surface area contributed by atoms with Crippen molar-refractivity contribution in [3.8, 4) is 0 Å². The van der Waals surface area contributed by atoms with Crippen molar-refractivity contribution in [2.75, 3.05) is 32.8 Å². The van der Waals surface area contributed by atoms with Crippen molar-refractivity contribution >= 4 is 31.5 Å². The van der Waals surface area contributed by atoms with Crippen LogP contribution in [0.3, 0.4) is 0 Å². The Morgan fingerprint density at radius 1 is 1.00 bits per heavy atom. The highest BCUT2D eigenvalue weighted by Gasteiger charge is 2.72. The molecule has 302 valence electrons. The summed E-state index contributed by atoms with van der Waals surface area (Å²) in [5, 5.41) is 29.2. The molecule has 3 amide bonds. The zero-order valence-electron chi connectivity index (χ0n) is 31.5. The van der Waals surface area contributed by atoms with Crippen LogP contribution < -0.4 is 10.6 Å². The number of aliphatic hydroxyl groups is 2. The number of phosphoric ester groups is 1. The zero-order valence-corrected chi connectivity index (χ0v) is 32.3. The minimum absolute atomic E-state index is 0.0130. The molecule has 15 nitrogen and oxygen atoms in total. The molecular formula is C38H58N3O12P. The smallest absolute Gasteiger partial charge is 0.458 e. The van der Waals surface area contributed by atoms with E-state index in [1.807, 2.05) is 6.92 Å². The first-order valence-electron chi connectivity index (χ1n) is 19.7. The molecule has 0 spiro atoms. The Morgan fingerprint density at radius 2 is 1.72 bits per heavy atom. The molecule has 4 saturated carbocycles. The molecule has 16 heteroatoms. The number of carbonyl (C=O) groups excluding carboxylic acids is 4. The Balaban J connectivity index is 0.922. The fourth-order valence-electron chi connectivity index (χ4n) is 11.1. The average molecular weight is 780 g/mol. The number of rotatable bonds is 17. The second kappa shape index (κ2) is 16.5. The lowest BCUT2D eigenvalue weighted by Crippen LogP contribution is -2.67. The maximum Gasteiger partial charge on any atom is 0.469 e.